The Labute approximate surface area is 118 Å². The predicted octanol–water partition coefficient (Wildman–Crippen LogP) is 2.78. The van der Waals surface area contributed by atoms with Crippen molar-refractivity contribution in [3.05, 3.63) is 36.0 Å². The van der Waals surface area contributed by atoms with Gasteiger partial charge in [0.05, 0.1) is 10.8 Å². The molecule has 0 unspecified atom stereocenters. The Morgan fingerprint density at radius 2 is 2.05 bits per heavy atom. The fraction of sp³-hybridized carbons (Fsp3) is 0.533. The van der Waals surface area contributed by atoms with E-state index in [1.807, 2.05) is 62.4 Å². The number of hydrogen-bond donors (Lipinski definition) is 0. The summed E-state index contributed by atoms with van der Waals surface area (Å²) in [5.74, 6) is 0.0449. The second-order valence-electron chi connectivity index (χ2n) is 5.53. The van der Waals surface area contributed by atoms with Gasteiger partial charge in [0.15, 0.2) is 5.78 Å². The standard InChI is InChI=1S/C15H23NO2S/c1-6-7-8-9-14-13(12(2)17)10-11-16(14)19(18)15(3,4)5/h6-10,14H,11H2,1-5H3/b7-6+,9-8+/t14-,19-/m0/s1. The molecule has 0 spiro atoms. The molecule has 106 valence electrons. The zero-order valence-corrected chi connectivity index (χ0v) is 13.2. The summed E-state index contributed by atoms with van der Waals surface area (Å²) in [6.07, 6.45) is 9.56. The molecule has 0 bridgehead atoms. The van der Waals surface area contributed by atoms with E-state index in [4.69, 9.17) is 0 Å². The van der Waals surface area contributed by atoms with Crippen molar-refractivity contribution < 1.29 is 9.00 Å². The van der Waals surface area contributed by atoms with Crippen LogP contribution < -0.4 is 0 Å². The Morgan fingerprint density at radius 1 is 1.42 bits per heavy atom. The minimum absolute atomic E-state index is 0.0449. The molecule has 1 aliphatic rings. The second-order valence-corrected chi connectivity index (χ2v) is 7.72. The highest BCUT2D eigenvalue weighted by molar-refractivity contribution is 7.84. The molecule has 1 aliphatic heterocycles. The lowest BCUT2D eigenvalue weighted by atomic mass is 10.1. The highest BCUT2D eigenvalue weighted by atomic mass is 32.2. The molecule has 0 saturated carbocycles. The van der Waals surface area contributed by atoms with Crippen LogP contribution in [0.5, 0.6) is 0 Å². The van der Waals surface area contributed by atoms with Crippen molar-refractivity contribution in [2.24, 2.45) is 0 Å². The van der Waals surface area contributed by atoms with Crippen molar-refractivity contribution in [2.75, 3.05) is 6.54 Å². The lowest BCUT2D eigenvalue weighted by molar-refractivity contribution is -0.113. The first-order valence-corrected chi connectivity index (χ1v) is 7.58. The highest BCUT2D eigenvalue weighted by Gasteiger charge is 2.36. The van der Waals surface area contributed by atoms with E-state index in [2.05, 4.69) is 0 Å². The Balaban J connectivity index is 3.01. The summed E-state index contributed by atoms with van der Waals surface area (Å²) >= 11 is 0. The summed E-state index contributed by atoms with van der Waals surface area (Å²) in [4.78, 5) is 11.7. The van der Waals surface area contributed by atoms with Crippen LogP contribution in [0.15, 0.2) is 36.0 Å². The van der Waals surface area contributed by atoms with Crippen LogP contribution in [0.25, 0.3) is 0 Å². The molecule has 0 aromatic rings. The van der Waals surface area contributed by atoms with Gasteiger partial charge < -0.3 is 0 Å². The van der Waals surface area contributed by atoms with Gasteiger partial charge in [-0.15, -0.1) is 0 Å². The summed E-state index contributed by atoms with van der Waals surface area (Å²) in [6, 6.07) is -0.186. The Kier molecular flexibility index (Phi) is 5.44. The second kappa shape index (κ2) is 6.44. The summed E-state index contributed by atoms with van der Waals surface area (Å²) in [6.45, 7) is 9.89. The van der Waals surface area contributed by atoms with Crippen molar-refractivity contribution in [3.63, 3.8) is 0 Å². The van der Waals surface area contributed by atoms with Crippen molar-refractivity contribution in [1.82, 2.24) is 4.31 Å². The van der Waals surface area contributed by atoms with Crippen molar-refractivity contribution >= 4 is 16.8 Å². The third-order valence-electron chi connectivity index (χ3n) is 2.86. The lowest BCUT2D eigenvalue weighted by Crippen LogP contribution is -2.41. The first kappa shape index (κ1) is 16.1. The van der Waals surface area contributed by atoms with Crippen LogP contribution in [0.3, 0.4) is 0 Å². The summed E-state index contributed by atoms with van der Waals surface area (Å²) < 4.78 is 14.1. The topological polar surface area (TPSA) is 37.4 Å². The van der Waals surface area contributed by atoms with Crippen LogP contribution in [0.2, 0.25) is 0 Å². The molecule has 3 nitrogen and oxygen atoms in total. The number of nitrogens with zero attached hydrogens (tertiary/aromatic N) is 1. The van der Waals surface area contributed by atoms with Crippen LogP contribution in [-0.4, -0.2) is 31.6 Å². The average Bonchev–Trinajstić information content (AvgIpc) is 2.71. The Morgan fingerprint density at radius 3 is 2.53 bits per heavy atom. The van der Waals surface area contributed by atoms with Gasteiger partial charge in [-0.25, -0.2) is 8.51 Å². The first-order chi connectivity index (χ1) is 8.79. The zero-order chi connectivity index (χ0) is 14.6. The molecular weight excluding hydrogens is 258 g/mol. The molecule has 1 heterocycles. The van der Waals surface area contributed by atoms with Crippen molar-refractivity contribution in [1.29, 1.82) is 0 Å². The predicted molar refractivity (Wildman–Crippen MR) is 81.1 cm³/mol. The molecule has 0 amide bonds. The van der Waals surface area contributed by atoms with Gasteiger partial charge in [0.25, 0.3) is 0 Å². The van der Waals surface area contributed by atoms with E-state index in [9.17, 15) is 9.00 Å². The SMILES string of the molecule is C/C=C/C=C/[C@H]1C(C(C)=O)=CCN1[S@@](=O)C(C)(C)C. The Hall–Kier alpha value is -1.00. The summed E-state index contributed by atoms with van der Waals surface area (Å²) in [5, 5.41) is 0. The highest BCUT2D eigenvalue weighted by Crippen LogP contribution is 2.27. The van der Waals surface area contributed by atoms with Crippen LogP contribution >= 0.6 is 0 Å². The number of allylic oxidation sites excluding steroid dienone is 3. The average molecular weight is 281 g/mol. The lowest BCUT2D eigenvalue weighted by Gasteiger charge is -2.29. The smallest absolute Gasteiger partial charge is 0.157 e. The van der Waals surface area contributed by atoms with Gasteiger partial charge in [-0.3, -0.25) is 4.79 Å². The molecule has 4 heteroatoms. The van der Waals surface area contributed by atoms with Crippen LogP contribution in [0.4, 0.5) is 0 Å². The number of hydrogen-bond acceptors (Lipinski definition) is 2. The molecule has 0 saturated heterocycles. The Bertz CT molecular complexity index is 455. The third-order valence-corrected chi connectivity index (χ3v) is 4.71. The normalized spacial score (nSPS) is 23.2. The number of rotatable bonds is 4. The minimum Gasteiger partial charge on any atom is -0.295 e. The third kappa shape index (κ3) is 3.98. The molecule has 19 heavy (non-hydrogen) atoms. The summed E-state index contributed by atoms with van der Waals surface area (Å²) in [7, 11) is -1.13. The van der Waals surface area contributed by atoms with Gasteiger partial charge in [-0.1, -0.05) is 30.4 Å². The maximum atomic E-state index is 12.5. The van der Waals surface area contributed by atoms with E-state index in [0.717, 1.165) is 5.57 Å². The van der Waals surface area contributed by atoms with E-state index in [1.54, 1.807) is 6.92 Å². The molecule has 0 aliphatic carbocycles. The molecule has 0 aromatic heterocycles. The number of carbonyl (C=O) groups excluding carboxylic acids is 1. The zero-order valence-electron chi connectivity index (χ0n) is 12.3. The summed E-state index contributed by atoms with van der Waals surface area (Å²) in [5.41, 5.74) is 0.735. The monoisotopic (exact) mass is 281 g/mol. The van der Waals surface area contributed by atoms with E-state index < -0.39 is 11.0 Å². The van der Waals surface area contributed by atoms with Crippen LogP contribution in [0.1, 0.15) is 34.6 Å². The van der Waals surface area contributed by atoms with Gasteiger partial charge in [0.2, 0.25) is 0 Å². The van der Waals surface area contributed by atoms with Crippen molar-refractivity contribution in [3.8, 4) is 0 Å². The largest absolute Gasteiger partial charge is 0.295 e. The maximum absolute atomic E-state index is 12.5. The quantitative estimate of drug-likeness (QED) is 0.743. The molecule has 0 N–H and O–H groups in total. The van der Waals surface area contributed by atoms with E-state index >= 15 is 0 Å². The number of ketones is 1. The fourth-order valence-electron chi connectivity index (χ4n) is 1.93. The van der Waals surface area contributed by atoms with Crippen LogP contribution in [-0.2, 0) is 15.8 Å². The molecule has 0 aromatic carbocycles. The van der Waals surface area contributed by atoms with Gasteiger partial charge in [-0.05, 0) is 34.6 Å². The van der Waals surface area contributed by atoms with Gasteiger partial charge in [0, 0.05) is 12.1 Å². The molecule has 1 rings (SSSR count). The van der Waals surface area contributed by atoms with E-state index in [1.165, 1.54) is 0 Å². The fourth-order valence-corrected chi connectivity index (χ4v) is 3.24. The number of Topliss-reactive ketones (excluding diaryl/α,β-unsaturated/α-hetero) is 1. The van der Waals surface area contributed by atoms with Crippen molar-refractivity contribution in [2.45, 2.75) is 45.4 Å². The molecule has 0 fully saturated rings. The number of carbonyl (C=O) groups is 1. The first-order valence-electron chi connectivity index (χ1n) is 6.48. The maximum Gasteiger partial charge on any atom is 0.157 e. The van der Waals surface area contributed by atoms with Crippen LogP contribution in [0, 0.1) is 0 Å². The molecule has 2 atom stereocenters. The minimum atomic E-state index is -1.13. The van der Waals surface area contributed by atoms with E-state index in [0.29, 0.717) is 6.54 Å². The van der Waals surface area contributed by atoms with Gasteiger partial charge in [0.1, 0.15) is 11.0 Å². The van der Waals surface area contributed by atoms with E-state index in [-0.39, 0.29) is 16.6 Å². The molecular formula is C15H23NO2S. The molecule has 0 radical (unpaired) electrons. The van der Waals surface area contributed by atoms with Gasteiger partial charge >= 0.3 is 0 Å². The van der Waals surface area contributed by atoms with Gasteiger partial charge in [-0.2, -0.15) is 0 Å².